The van der Waals surface area contributed by atoms with Gasteiger partial charge in [0.05, 0.1) is 17.1 Å². The molecule has 138 valence electrons. The van der Waals surface area contributed by atoms with Crippen molar-refractivity contribution in [2.24, 2.45) is 0 Å². The molecule has 4 nitrogen and oxygen atoms in total. The van der Waals surface area contributed by atoms with E-state index in [0.717, 1.165) is 7.05 Å². The molecule has 0 bridgehead atoms. The van der Waals surface area contributed by atoms with E-state index in [2.05, 4.69) is 9.97 Å². The molecule has 0 aromatic carbocycles. The van der Waals surface area contributed by atoms with Gasteiger partial charge in [-0.2, -0.15) is 26.3 Å². The Morgan fingerprint density at radius 2 is 1.62 bits per heavy atom. The maximum Gasteiger partial charge on any atom is 0.433 e. The van der Waals surface area contributed by atoms with Crippen molar-refractivity contribution in [3.63, 3.8) is 0 Å². The third-order valence-corrected chi connectivity index (χ3v) is 3.79. The Hall–Kier alpha value is -2.78. The van der Waals surface area contributed by atoms with Gasteiger partial charge < -0.3 is 10.2 Å². The Labute approximate surface area is 144 Å². The van der Waals surface area contributed by atoms with Crippen LogP contribution in [0.5, 0.6) is 0 Å². The van der Waals surface area contributed by atoms with Crippen molar-refractivity contribution in [1.29, 1.82) is 0 Å². The average molecular weight is 374 g/mol. The molecular weight excluding hydrogens is 362 g/mol. The van der Waals surface area contributed by atoms with E-state index in [1.165, 1.54) is 18.3 Å². The normalized spacial score (nSPS) is 18.3. The molecule has 1 N–H and O–H groups in total. The summed E-state index contributed by atoms with van der Waals surface area (Å²) in [5.41, 5.74) is -2.80. The van der Waals surface area contributed by atoms with Crippen LogP contribution >= 0.6 is 0 Å². The summed E-state index contributed by atoms with van der Waals surface area (Å²) in [4.78, 5) is 8.75. The second-order valence-corrected chi connectivity index (χ2v) is 5.54. The summed E-state index contributed by atoms with van der Waals surface area (Å²) in [5, 5.41) is 1.91. The van der Waals surface area contributed by atoms with Gasteiger partial charge >= 0.3 is 12.4 Å². The fourth-order valence-corrected chi connectivity index (χ4v) is 2.70. The van der Waals surface area contributed by atoms with Gasteiger partial charge in [0.25, 0.3) is 0 Å². The molecule has 0 saturated heterocycles. The Morgan fingerprint density at radius 1 is 0.923 bits per heavy atom. The van der Waals surface area contributed by atoms with Crippen LogP contribution in [0.4, 0.5) is 26.3 Å². The van der Waals surface area contributed by atoms with E-state index < -0.39 is 29.9 Å². The molecule has 3 heterocycles. The average Bonchev–Trinajstić information content (AvgIpc) is 2.94. The van der Waals surface area contributed by atoms with Crippen LogP contribution in [0.3, 0.4) is 0 Å². The number of pyridine rings is 2. The minimum Gasteiger partial charge on any atom is -0.354 e. The number of aromatic nitrogens is 2. The van der Waals surface area contributed by atoms with E-state index >= 15 is 0 Å². The first kappa shape index (κ1) is 18.0. The molecule has 10 heteroatoms. The first-order chi connectivity index (χ1) is 12.1. The smallest absolute Gasteiger partial charge is 0.354 e. The lowest BCUT2D eigenvalue weighted by molar-refractivity contribution is -0.124. The van der Waals surface area contributed by atoms with Gasteiger partial charge in [-0.15, -0.1) is 0 Å². The highest BCUT2D eigenvalue weighted by molar-refractivity contribution is 5.53. The van der Waals surface area contributed by atoms with E-state index in [9.17, 15) is 26.3 Å². The number of hydrogen-bond acceptors (Lipinski definition) is 4. The van der Waals surface area contributed by atoms with Crippen LogP contribution in [0.15, 0.2) is 54.0 Å². The molecule has 1 unspecified atom stereocenters. The number of hydrogen-bond donors (Lipinski definition) is 1. The number of nitrogens with one attached hydrogen (secondary N) is 1. The van der Waals surface area contributed by atoms with E-state index in [0.29, 0.717) is 16.3 Å². The first-order valence-electron chi connectivity index (χ1n) is 7.35. The zero-order chi connectivity index (χ0) is 19.1. The molecule has 1 aliphatic rings. The number of rotatable bonds is 2. The summed E-state index contributed by atoms with van der Waals surface area (Å²) < 4.78 is 78.7. The molecule has 0 spiro atoms. The second kappa shape index (κ2) is 6.19. The third-order valence-electron chi connectivity index (χ3n) is 3.79. The lowest BCUT2D eigenvalue weighted by atomic mass is 10.2. The number of alkyl halides is 6. The summed E-state index contributed by atoms with van der Waals surface area (Å²) in [6.07, 6.45) is -10.2. The van der Waals surface area contributed by atoms with Crippen molar-refractivity contribution < 1.29 is 26.3 Å². The van der Waals surface area contributed by atoms with E-state index in [1.54, 1.807) is 24.3 Å². The van der Waals surface area contributed by atoms with Gasteiger partial charge in [0.2, 0.25) is 0 Å². The lowest BCUT2D eigenvalue weighted by Gasteiger charge is -2.25. The largest absolute Gasteiger partial charge is 0.433 e. The molecule has 0 fully saturated rings. The van der Waals surface area contributed by atoms with Crippen molar-refractivity contribution in [1.82, 2.24) is 20.2 Å². The van der Waals surface area contributed by atoms with Crippen molar-refractivity contribution in [3.05, 3.63) is 59.7 Å². The molecule has 26 heavy (non-hydrogen) atoms. The molecule has 0 saturated carbocycles. The zero-order valence-corrected chi connectivity index (χ0v) is 13.2. The van der Waals surface area contributed by atoms with Crippen LogP contribution in [0, 0.1) is 0 Å². The van der Waals surface area contributed by atoms with Crippen molar-refractivity contribution in [3.8, 4) is 11.4 Å². The number of allylic oxidation sites excluding steroid dienone is 2. The minimum atomic E-state index is -5.17. The summed E-state index contributed by atoms with van der Waals surface area (Å²) in [6.45, 7) is 0. The fraction of sp³-hybridized carbons (Fsp3) is 0.250. The van der Waals surface area contributed by atoms with Crippen molar-refractivity contribution in [2.75, 3.05) is 7.05 Å². The molecule has 0 amide bonds. The van der Waals surface area contributed by atoms with E-state index in [4.69, 9.17) is 0 Å². The molecular formula is C16H12F6N4. The highest BCUT2D eigenvalue weighted by Gasteiger charge is 2.53. The molecule has 0 aliphatic carbocycles. The Morgan fingerprint density at radius 3 is 2.15 bits per heavy atom. The van der Waals surface area contributed by atoms with Gasteiger partial charge in [-0.3, -0.25) is 4.98 Å². The van der Waals surface area contributed by atoms with Crippen LogP contribution in [0.1, 0.15) is 11.9 Å². The molecule has 1 aliphatic heterocycles. The van der Waals surface area contributed by atoms with Crippen LogP contribution in [-0.4, -0.2) is 34.3 Å². The van der Waals surface area contributed by atoms with Crippen LogP contribution in [-0.2, 0) is 0 Å². The quantitative estimate of drug-likeness (QED) is 0.807. The maximum absolute atomic E-state index is 13.2. The van der Waals surface area contributed by atoms with Crippen molar-refractivity contribution in [2.45, 2.75) is 18.5 Å². The highest BCUT2D eigenvalue weighted by atomic mass is 19.4. The van der Waals surface area contributed by atoms with Gasteiger partial charge in [0, 0.05) is 13.2 Å². The summed E-state index contributed by atoms with van der Waals surface area (Å²) in [5.74, 6) is 0. The molecule has 0 radical (unpaired) electrons. The topological polar surface area (TPSA) is 41.0 Å². The van der Waals surface area contributed by atoms with Crippen LogP contribution < -0.4 is 5.32 Å². The SMILES string of the molecule is CN1C(C(F)(F)F)=C(C(F)(F)F)NC1c1cccc(-c2ccccn2)n1. The third kappa shape index (κ3) is 3.31. The first-order valence-corrected chi connectivity index (χ1v) is 7.35. The predicted octanol–water partition coefficient (Wildman–Crippen LogP) is 4.01. The van der Waals surface area contributed by atoms with E-state index in [1.807, 2.05) is 5.32 Å². The highest BCUT2D eigenvalue weighted by Crippen LogP contribution is 2.43. The van der Waals surface area contributed by atoms with Crippen LogP contribution in [0.25, 0.3) is 11.4 Å². The van der Waals surface area contributed by atoms with Gasteiger partial charge in [-0.25, -0.2) is 4.98 Å². The van der Waals surface area contributed by atoms with E-state index in [-0.39, 0.29) is 5.69 Å². The lowest BCUT2D eigenvalue weighted by Crippen LogP contribution is -2.31. The standard InChI is InChI=1S/C16H12F6N4/c1-26-13(16(20,21)22)12(15(17,18)19)25-14(26)11-7-4-6-10(24-11)9-5-2-3-8-23-9/h2-8,14,25H,1H3. The minimum absolute atomic E-state index is 0.0108. The fourth-order valence-electron chi connectivity index (χ4n) is 2.70. The second-order valence-electron chi connectivity index (χ2n) is 5.54. The van der Waals surface area contributed by atoms with Gasteiger partial charge in [-0.05, 0) is 24.3 Å². The maximum atomic E-state index is 13.2. The van der Waals surface area contributed by atoms with Crippen molar-refractivity contribution >= 4 is 0 Å². The Balaban J connectivity index is 2.00. The predicted molar refractivity (Wildman–Crippen MR) is 80.2 cm³/mol. The summed E-state index contributed by atoms with van der Waals surface area (Å²) in [7, 11) is 0.939. The number of halogens is 6. The number of nitrogens with zero attached hydrogens (tertiary/aromatic N) is 3. The monoisotopic (exact) mass is 374 g/mol. The summed E-state index contributed by atoms with van der Waals surface area (Å²) in [6, 6.07) is 9.44. The summed E-state index contributed by atoms with van der Waals surface area (Å²) >= 11 is 0. The van der Waals surface area contributed by atoms with Gasteiger partial charge in [0.1, 0.15) is 17.6 Å². The van der Waals surface area contributed by atoms with Gasteiger partial charge in [-0.1, -0.05) is 12.1 Å². The Bertz CT molecular complexity index is 829. The molecule has 1 atom stereocenters. The molecule has 2 aromatic rings. The van der Waals surface area contributed by atoms with Gasteiger partial charge in [0.15, 0.2) is 0 Å². The van der Waals surface area contributed by atoms with Crippen LogP contribution in [0.2, 0.25) is 0 Å². The molecule has 2 aromatic heterocycles. The molecule has 3 rings (SSSR count). The zero-order valence-electron chi connectivity index (χ0n) is 13.2. The Kier molecular flexibility index (Phi) is 4.29.